The first-order valence-electron chi connectivity index (χ1n) is 5.26. The van der Waals surface area contributed by atoms with Gasteiger partial charge < -0.3 is 11.1 Å². The highest BCUT2D eigenvalue weighted by Crippen LogP contribution is 2.15. The fourth-order valence-corrected chi connectivity index (χ4v) is 2.05. The minimum Gasteiger partial charge on any atom is -0.325 e. The van der Waals surface area contributed by atoms with Crippen LogP contribution in [0.25, 0.3) is 0 Å². The Bertz CT molecular complexity index is 492. The molecule has 5 nitrogen and oxygen atoms in total. The molecule has 0 saturated carbocycles. The van der Waals surface area contributed by atoms with Gasteiger partial charge in [-0.05, 0) is 31.2 Å². The standard InChI is InChI=1S/C11H16N2O3S/c1-3-17(15,16)10-6-4-9(5-7-10)13-11(14)8(2)12/h4-8H,3,12H2,1-2H3,(H,13,14)/t8-/m0/s1. The number of sulfone groups is 1. The molecule has 0 aromatic heterocycles. The van der Waals surface area contributed by atoms with E-state index in [1.807, 2.05) is 0 Å². The number of hydrogen-bond donors (Lipinski definition) is 2. The van der Waals surface area contributed by atoms with Gasteiger partial charge in [-0.3, -0.25) is 4.79 Å². The van der Waals surface area contributed by atoms with E-state index in [9.17, 15) is 13.2 Å². The van der Waals surface area contributed by atoms with Gasteiger partial charge in [0.05, 0.1) is 16.7 Å². The summed E-state index contributed by atoms with van der Waals surface area (Å²) in [6, 6.07) is 5.42. The minimum absolute atomic E-state index is 0.0541. The molecule has 0 fully saturated rings. The molecule has 94 valence electrons. The summed E-state index contributed by atoms with van der Waals surface area (Å²) in [6.45, 7) is 3.16. The van der Waals surface area contributed by atoms with Gasteiger partial charge in [0.15, 0.2) is 9.84 Å². The molecule has 1 aromatic rings. The molecule has 0 saturated heterocycles. The summed E-state index contributed by atoms with van der Waals surface area (Å²) in [6.07, 6.45) is 0. The number of anilines is 1. The van der Waals surface area contributed by atoms with Gasteiger partial charge in [0, 0.05) is 5.69 Å². The van der Waals surface area contributed by atoms with Gasteiger partial charge in [0.25, 0.3) is 0 Å². The number of rotatable bonds is 4. The van der Waals surface area contributed by atoms with Crippen molar-refractivity contribution in [2.45, 2.75) is 24.8 Å². The summed E-state index contributed by atoms with van der Waals surface area (Å²) in [4.78, 5) is 11.5. The van der Waals surface area contributed by atoms with Crippen molar-refractivity contribution in [3.63, 3.8) is 0 Å². The van der Waals surface area contributed by atoms with Crippen molar-refractivity contribution in [2.75, 3.05) is 11.1 Å². The van der Waals surface area contributed by atoms with Crippen molar-refractivity contribution in [2.24, 2.45) is 5.73 Å². The van der Waals surface area contributed by atoms with Crippen molar-refractivity contribution in [3.8, 4) is 0 Å². The maximum Gasteiger partial charge on any atom is 0.240 e. The lowest BCUT2D eigenvalue weighted by atomic mass is 10.3. The maximum absolute atomic E-state index is 11.5. The Hall–Kier alpha value is -1.40. The van der Waals surface area contributed by atoms with Crippen LogP contribution in [0.15, 0.2) is 29.2 Å². The Morgan fingerprint density at radius 3 is 2.29 bits per heavy atom. The molecule has 1 amide bonds. The van der Waals surface area contributed by atoms with Gasteiger partial charge in [-0.2, -0.15) is 0 Å². The zero-order valence-electron chi connectivity index (χ0n) is 9.80. The van der Waals surface area contributed by atoms with Crippen LogP contribution in [0.2, 0.25) is 0 Å². The van der Waals surface area contributed by atoms with E-state index in [1.54, 1.807) is 26.0 Å². The van der Waals surface area contributed by atoms with Crippen LogP contribution in [-0.4, -0.2) is 26.1 Å². The molecule has 0 unspecified atom stereocenters. The molecular weight excluding hydrogens is 240 g/mol. The fourth-order valence-electron chi connectivity index (χ4n) is 1.17. The van der Waals surface area contributed by atoms with Gasteiger partial charge in [0.1, 0.15) is 0 Å². The topological polar surface area (TPSA) is 89.3 Å². The predicted molar refractivity (Wildman–Crippen MR) is 66.4 cm³/mol. The van der Waals surface area contributed by atoms with Gasteiger partial charge >= 0.3 is 0 Å². The van der Waals surface area contributed by atoms with E-state index in [4.69, 9.17) is 5.73 Å². The summed E-state index contributed by atoms with van der Waals surface area (Å²) in [5.74, 6) is -0.255. The van der Waals surface area contributed by atoms with Crippen LogP contribution in [0.1, 0.15) is 13.8 Å². The fraction of sp³-hybridized carbons (Fsp3) is 0.364. The third-order valence-electron chi connectivity index (χ3n) is 2.27. The summed E-state index contributed by atoms with van der Waals surface area (Å²) >= 11 is 0. The molecular formula is C11H16N2O3S. The van der Waals surface area contributed by atoms with E-state index in [0.29, 0.717) is 5.69 Å². The summed E-state index contributed by atoms with van der Waals surface area (Å²) < 4.78 is 23.1. The average molecular weight is 256 g/mol. The molecule has 0 aliphatic carbocycles. The molecule has 6 heteroatoms. The highest BCUT2D eigenvalue weighted by molar-refractivity contribution is 7.91. The second-order valence-electron chi connectivity index (χ2n) is 3.71. The van der Waals surface area contributed by atoms with Gasteiger partial charge in [0.2, 0.25) is 5.91 Å². The maximum atomic E-state index is 11.5. The Kier molecular flexibility index (Phi) is 4.25. The Balaban J connectivity index is 2.86. The molecule has 1 aromatic carbocycles. The molecule has 0 spiro atoms. The number of carbonyl (C=O) groups excluding carboxylic acids is 1. The summed E-state index contributed by atoms with van der Waals surface area (Å²) in [7, 11) is -3.20. The van der Waals surface area contributed by atoms with Gasteiger partial charge in [-0.25, -0.2) is 8.42 Å². The van der Waals surface area contributed by atoms with E-state index >= 15 is 0 Å². The highest BCUT2D eigenvalue weighted by Gasteiger charge is 2.12. The van der Waals surface area contributed by atoms with Crippen molar-refractivity contribution >= 4 is 21.4 Å². The largest absolute Gasteiger partial charge is 0.325 e. The lowest BCUT2D eigenvalue weighted by molar-refractivity contribution is -0.117. The van der Waals surface area contributed by atoms with Crippen molar-refractivity contribution in [1.29, 1.82) is 0 Å². The number of nitrogens with one attached hydrogen (secondary N) is 1. The number of amides is 1. The van der Waals surface area contributed by atoms with Crippen LogP contribution in [-0.2, 0) is 14.6 Å². The third kappa shape index (κ3) is 3.54. The molecule has 0 aliphatic heterocycles. The molecule has 3 N–H and O–H groups in total. The van der Waals surface area contributed by atoms with Crippen molar-refractivity contribution < 1.29 is 13.2 Å². The molecule has 0 radical (unpaired) electrons. The predicted octanol–water partition coefficient (Wildman–Crippen LogP) is 0.766. The number of benzene rings is 1. The molecule has 0 heterocycles. The van der Waals surface area contributed by atoms with E-state index in [-0.39, 0.29) is 16.6 Å². The van der Waals surface area contributed by atoms with E-state index in [1.165, 1.54) is 12.1 Å². The van der Waals surface area contributed by atoms with Gasteiger partial charge in [-0.1, -0.05) is 6.92 Å². The minimum atomic E-state index is -3.20. The van der Waals surface area contributed by atoms with Crippen LogP contribution in [0.4, 0.5) is 5.69 Å². The smallest absolute Gasteiger partial charge is 0.240 e. The summed E-state index contributed by atoms with van der Waals surface area (Å²) in [5, 5.41) is 2.58. The highest BCUT2D eigenvalue weighted by atomic mass is 32.2. The van der Waals surface area contributed by atoms with Crippen LogP contribution < -0.4 is 11.1 Å². The molecule has 0 bridgehead atoms. The van der Waals surface area contributed by atoms with E-state index < -0.39 is 15.9 Å². The first-order chi connectivity index (χ1) is 7.86. The Morgan fingerprint density at radius 1 is 1.35 bits per heavy atom. The Labute approximate surface area is 101 Å². The molecule has 1 atom stereocenters. The lowest BCUT2D eigenvalue weighted by Crippen LogP contribution is -2.32. The summed E-state index contributed by atoms with van der Waals surface area (Å²) in [5.41, 5.74) is 5.93. The normalized spacial score (nSPS) is 13.1. The molecule has 1 rings (SSSR count). The quantitative estimate of drug-likeness (QED) is 0.832. The first-order valence-corrected chi connectivity index (χ1v) is 6.91. The van der Waals surface area contributed by atoms with E-state index in [0.717, 1.165) is 0 Å². The van der Waals surface area contributed by atoms with E-state index in [2.05, 4.69) is 5.32 Å². The second-order valence-corrected chi connectivity index (χ2v) is 5.98. The average Bonchev–Trinajstić information content (AvgIpc) is 2.29. The Morgan fingerprint density at radius 2 is 1.88 bits per heavy atom. The first kappa shape index (κ1) is 13.7. The van der Waals surface area contributed by atoms with Gasteiger partial charge in [-0.15, -0.1) is 0 Å². The SMILES string of the molecule is CCS(=O)(=O)c1ccc(NC(=O)[C@H](C)N)cc1. The van der Waals surface area contributed by atoms with Crippen molar-refractivity contribution in [1.82, 2.24) is 0 Å². The lowest BCUT2D eigenvalue weighted by Gasteiger charge is -2.08. The monoisotopic (exact) mass is 256 g/mol. The van der Waals surface area contributed by atoms with Crippen LogP contribution in [0, 0.1) is 0 Å². The number of carbonyl (C=O) groups is 1. The molecule has 0 aliphatic rings. The van der Waals surface area contributed by atoms with Crippen molar-refractivity contribution in [3.05, 3.63) is 24.3 Å². The second kappa shape index (κ2) is 5.29. The number of hydrogen-bond acceptors (Lipinski definition) is 4. The van der Waals surface area contributed by atoms with Crippen LogP contribution >= 0.6 is 0 Å². The number of nitrogens with two attached hydrogens (primary N) is 1. The van der Waals surface area contributed by atoms with Crippen LogP contribution in [0.5, 0.6) is 0 Å². The zero-order chi connectivity index (χ0) is 13.1. The zero-order valence-corrected chi connectivity index (χ0v) is 10.6. The third-order valence-corrected chi connectivity index (χ3v) is 4.03. The molecule has 17 heavy (non-hydrogen) atoms. The van der Waals surface area contributed by atoms with Crippen LogP contribution in [0.3, 0.4) is 0 Å².